The molecule has 0 aromatic heterocycles. The third-order valence-electron chi connectivity index (χ3n) is 2.93. The topological polar surface area (TPSA) is 81.4 Å². The van der Waals surface area contributed by atoms with Gasteiger partial charge in [-0.1, -0.05) is 18.2 Å². The van der Waals surface area contributed by atoms with E-state index in [-0.39, 0.29) is 18.2 Å². The quantitative estimate of drug-likeness (QED) is 0.809. The average Bonchev–Trinajstić information content (AvgIpc) is 2.27. The van der Waals surface area contributed by atoms with Crippen LogP contribution in [0.3, 0.4) is 0 Å². The third-order valence-corrected chi connectivity index (χ3v) is 2.93. The Bertz CT molecular complexity index is 481. The van der Waals surface area contributed by atoms with Crippen LogP contribution >= 0.6 is 0 Å². The van der Waals surface area contributed by atoms with E-state index in [1.807, 2.05) is 19.1 Å². The number of hydrogen-bond donors (Lipinski definition) is 2. The van der Waals surface area contributed by atoms with Gasteiger partial charge in [0.2, 0.25) is 5.91 Å². The van der Waals surface area contributed by atoms with Crippen LogP contribution < -0.4 is 11.1 Å². The predicted octanol–water partition coefficient (Wildman–Crippen LogP) is 0.369. The summed E-state index contributed by atoms with van der Waals surface area (Å²) in [6.45, 7) is 2.54. The summed E-state index contributed by atoms with van der Waals surface area (Å²) in [5.74, 6) is -0.754. The van der Waals surface area contributed by atoms with E-state index in [0.717, 1.165) is 5.56 Å². The Morgan fingerprint density at radius 1 is 1.39 bits per heavy atom. The highest BCUT2D eigenvalue weighted by molar-refractivity contribution is 6.05. The molecule has 2 amide bonds. The first-order valence-corrected chi connectivity index (χ1v) is 5.77. The second kappa shape index (κ2) is 4.88. The lowest BCUT2D eigenvalue weighted by Gasteiger charge is -2.36. The van der Waals surface area contributed by atoms with Gasteiger partial charge in [-0.05, 0) is 18.6 Å². The maximum Gasteiger partial charge on any atom is 0.258 e. The molecule has 0 radical (unpaired) electrons. The fourth-order valence-corrected chi connectivity index (χ4v) is 1.85. The molecule has 0 bridgehead atoms. The minimum Gasteiger partial charge on any atom is -0.377 e. The van der Waals surface area contributed by atoms with Gasteiger partial charge in [0.15, 0.2) is 0 Å². The average molecular weight is 248 g/mol. The van der Waals surface area contributed by atoms with Crippen LogP contribution in [0, 0.1) is 6.92 Å². The molecule has 0 unspecified atom stereocenters. The molecule has 1 aliphatic heterocycles. The summed E-state index contributed by atoms with van der Waals surface area (Å²) < 4.78 is 4.96. The van der Waals surface area contributed by atoms with Crippen molar-refractivity contribution in [3.05, 3.63) is 35.4 Å². The number of nitrogens with two attached hydrogens (primary N) is 1. The summed E-state index contributed by atoms with van der Waals surface area (Å²) in [5, 5.41) is 2.35. The summed E-state index contributed by atoms with van der Waals surface area (Å²) in [6, 6.07) is 7.11. The third kappa shape index (κ3) is 2.75. The van der Waals surface area contributed by atoms with Crippen molar-refractivity contribution in [3.63, 3.8) is 0 Å². The van der Waals surface area contributed by atoms with Crippen LogP contribution in [0.1, 0.15) is 22.3 Å². The normalized spacial score (nSPS) is 16.8. The molecular formula is C13H16N2O3. The highest BCUT2D eigenvalue weighted by atomic mass is 16.5. The van der Waals surface area contributed by atoms with Gasteiger partial charge >= 0.3 is 0 Å². The summed E-state index contributed by atoms with van der Waals surface area (Å²) in [7, 11) is 0. The lowest BCUT2D eigenvalue weighted by molar-refractivity contribution is -0.127. The monoisotopic (exact) mass is 248 g/mol. The fourth-order valence-electron chi connectivity index (χ4n) is 1.85. The molecule has 96 valence electrons. The smallest absolute Gasteiger partial charge is 0.258 e. The van der Waals surface area contributed by atoms with Crippen molar-refractivity contribution in [3.8, 4) is 0 Å². The first-order valence-electron chi connectivity index (χ1n) is 5.77. The zero-order valence-corrected chi connectivity index (χ0v) is 10.2. The zero-order valence-electron chi connectivity index (χ0n) is 10.2. The predicted molar refractivity (Wildman–Crippen MR) is 66.0 cm³/mol. The van der Waals surface area contributed by atoms with Crippen molar-refractivity contribution < 1.29 is 14.3 Å². The number of benzene rings is 1. The lowest BCUT2D eigenvalue weighted by atomic mass is 9.94. The maximum atomic E-state index is 11.9. The van der Waals surface area contributed by atoms with Crippen LogP contribution in [-0.4, -0.2) is 30.6 Å². The Morgan fingerprint density at radius 3 is 2.61 bits per heavy atom. The van der Waals surface area contributed by atoms with E-state index in [1.165, 1.54) is 0 Å². The van der Waals surface area contributed by atoms with Gasteiger partial charge in [-0.3, -0.25) is 14.9 Å². The SMILES string of the molecule is Cc1ccccc1C(=O)NC(=O)CC1(N)COC1. The van der Waals surface area contributed by atoms with Crippen LogP contribution in [0.15, 0.2) is 24.3 Å². The molecule has 18 heavy (non-hydrogen) atoms. The van der Waals surface area contributed by atoms with E-state index in [4.69, 9.17) is 10.5 Å². The minimum absolute atomic E-state index is 0.102. The van der Waals surface area contributed by atoms with E-state index in [2.05, 4.69) is 5.32 Å². The number of ether oxygens (including phenoxy) is 1. The van der Waals surface area contributed by atoms with Gasteiger partial charge in [0, 0.05) is 12.0 Å². The lowest BCUT2D eigenvalue weighted by Crippen LogP contribution is -2.59. The van der Waals surface area contributed by atoms with Crippen LogP contribution in [0.25, 0.3) is 0 Å². The number of carbonyl (C=O) groups excluding carboxylic acids is 2. The Hall–Kier alpha value is -1.72. The molecule has 3 N–H and O–H groups in total. The molecule has 0 aliphatic carbocycles. The number of amides is 2. The standard InChI is InChI=1S/C13H16N2O3/c1-9-4-2-3-5-10(9)12(17)15-11(16)6-13(14)7-18-8-13/h2-5H,6-8,14H2,1H3,(H,15,16,17). The summed E-state index contributed by atoms with van der Waals surface area (Å²) in [4.78, 5) is 23.5. The molecule has 0 atom stereocenters. The van der Waals surface area contributed by atoms with Crippen molar-refractivity contribution in [2.24, 2.45) is 5.73 Å². The minimum atomic E-state index is -0.615. The van der Waals surface area contributed by atoms with Crippen molar-refractivity contribution in [1.82, 2.24) is 5.32 Å². The Morgan fingerprint density at radius 2 is 2.06 bits per heavy atom. The molecule has 1 heterocycles. The summed E-state index contributed by atoms with van der Waals surface area (Å²) in [6.07, 6.45) is 0.102. The van der Waals surface area contributed by atoms with E-state index < -0.39 is 5.54 Å². The first-order chi connectivity index (χ1) is 8.50. The largest absolute Gasteiger partial charge is 0.377 e. The van der Waals surface area contributed by atoms with Crippen LogP contribution in [0.2, 0.25) is 0 Å². The molecule has 1 aromatic rings. The van der Waals surface area contributed by atoms with Gasteiger partial charge in [-0.15, -0.1) is 0 Å². The molecular weight excluding hydrogens is 232 g/mol. The molecule has 1 aliphatic rings. The molecule has 2 rings (SSSR count). The van der Waals surface area contributed by atoms with Crippen LogP contribution in [0.5, 0.6) is 0 Å². The molecule has 5 nitrogen and oxygen atoms in total. The summed E-state index contributed by atoms with van der Waals surface area (Å²) >= 11 is 0. The number of nitrogens with one attached hydrogen (secondary N) is 1. The van der Waals surface area contributed by atoms with Crippen molar-refractivity contribution in [2.45, 2.75) is 18.9 Å². The number of hydrogen-bond acceptors (Lipinski definition) is 4. The van der Waals surface area contributed by atoms with Crippen molar-refractivity contribution in [2.75, 3.05) is 13.2 Å². The van der Waals surface area contributed by atoms with Crippen molar-refractivity contribution >= 4 is 11.8 Å². The summed E-state index contributed by atoms with van der Waals surface area (Å²) in [5.41, 5.74) is 6.57. The van der Waals surface area contributed by atoms with Crippen molar-refractivity contribution in [1.29, 1.82) is 0 Å². The zero-order chi connectivity index (χ0) is 13.2. The van der Waals surface area contributed by atoms with E-state index in [1.54, 1.807) is 12.1 Å². The van der Waals surface area contributed by atoms with E-state index >= 15 is 0 Å². The molecule has 5 heteroatoms. The van der Waals surface area contributed by atoms with Crippen LogP contribution in [-0.2, 0) is 9.53 Å². The Labute approximate surface area is 105 Å². The van der Waals surface area contributed by atoms with Gasteiger partial charge < -0.3 is 10.5 Å². The maximum absolute atomic E-state index is 11.9. The highest BCUT2D eigenvalue weighted by Gasteiger charge is 2.36. The molecule has 0 spiro atoms. The molecule has 1 aromatic carbocycles. The van der Waals surface area contributed by atoms with E-state index in [9.17, 15) is 9.59 Å². The van der Waals surface area contributed by atoms with Crippen LogP contribution in [0.4, 0.5) is 0 Å². The number of carbonyl (C=O) groups is 2. The highest BCUT2D eigenvalue weighted by Crippen LogP contribution is 2.17. The van der Waals surface area contributed by atoms with Gasteiger partial charge in [0.05, 0.1) is 18.8 Å². The number of aryl methyl sites for hydroxylation is 1. The van der Waals surface area contributed by atoms with Gasteiger partial charge in [-0.2, -0.15) is 0 Å². The molecule has 1 fully saturated rings. The molecule has 1 saturated heterocycles. The number of rotatable bonds is 3. The van der Waals surface area contributed by atoms with Gasteiger partial charge in [0.25, 0.3) is 5.91 Å². The van der Waals surface area contributed by atoms with E-state index in [0.29, 0.717) is 18.8 Å². The second-order valence-electron chi connectivity index (χ2n) is 4.72. The fraction of sp³-hybridized carbons (Fsp3) is 0.385. The first kappa shape index (κ1) is 12.7. The Balaban J connectivity index is 1.95. The Kier molecular flexibility index (Phi) is 3.45. The second-order valence-corrected chi connectivity index (χ2v) is 4.72. The molecule has 0 saturated carbocycles. The van der Waals surface area contributed by atoms with Gasteiger partial charge in [0.1, 0.15) is 0 Å². The number of imide groups is 1. The van der Waals surface area contributed by atoms with Gasteiger partial charge in [-0.25, -0.2) is 0 Å².